The number of rotatable bonds is 3. The van der Waals surface area contributed by atoms with E-state index in [9.17, 15) is 4.79 Å². The minimum atomic E-state index is -0.235. The van der Waals surface area contributed by atoms with E-state index in [1.54, 1.807) is 18.2 Å². The van der Waals surface area contributed by atoms with Crippen LogP contribution in [0, 0.1) is 6.92 Å². The van der Waals surface area contributed by atoms with Crippen molar-refractivity contribution in [1.82, 2.24) is 10.3 Å². The summed E-state index contributed by atoms with van der Waals surface area (Å²) in [6, 6.07) is 10.5. The number of aromatic nitrogens is 1. The zero-order chi connectivity index (χ0) is 13.8. The average molecular weight is 256 g/mol. The summed E-state index contributed by atoms with van der Waals surface area (Å²) in [5.74, 6) is -0.235. The van der Waals surface area contributed by atoms with Crippen LogP contribution in [0.15, 0.2) is 36.4 Å². The summed E-state index contributed by atoms with van der Waals surface area (Å²) in [7, 11) is 0. The van der Waals surface area contributed by atoms with Gasteiger partial charge in [0.1, 0.15) is 0 Å². The molecule has 0 unspecified atom stereocenters. The minimum Gasteiger partial charge on any atom is -0.399 e. The Morgan fingerprint density at radius 3 is 2.74 bits per heavy atom. The zero-order valence-electron chi connectivity index (χ0n) is 10.7. The number of hydrogen-bond acceptors (Lipinski definition) is 4. The molecule has 0 bridgehead atoms. The Morgan fingerprint density at radius 1 is 1.26 bits per heavy atom. The molecule has 98 valence electrons. The first-order valence-corrected chi connectivity index (χ1v) is 5.92. The predicted octanol–water partition coefficient (Wildman–Crippen LogP) is 1.48. The molecular formula is C14H16N4O. The van der Waals surface area contributed by atoms with Crippen molar-refractivity contribution in [3.05, 3.63) is 53.3 Å². The van der Waals surface area contributed by atoms with E-state index in [1.165, 1.54) is 0 Å². The van der Waals surface area contributed by atoms with Crippen molar-refractivity contribution < 1.29 is 4.79 Å². The highest BCUT2D eigenvalue weighted by Crippen LogP contribution is 2.15. The van der Waals surface area contributed by atoms with E-state index in [-0.39, 0.29) is 5.91 Å². The van der Waals surface area contributed by atoms with Gasteiger partial charge in [-0.15, -0.1) is 0 Å². The molecule has 19 heavy (non-hydrogen) atoms. The van der Waals surface area contributed by atoms with Crippen molar-refractivity contribution in [2.75, 3.05) is 11.5 Å². The molecule has 2 aromatic rings. The molecule has 0 spiro atoms. The molecule has 0 atom stereocenters. The summed E-state index contributed by atoms with van der Waals surface area (Å²) < 4.78 is 0. The molecule has 1 amide bonds. The number of carbonyl (C=O) groups is 1. The maximum absolute atomic E-state index is 12.0. The van der Waals surface area contributed by atoms with E-state index in [0.29, 0.717) is 23.5 Å². The third-order valence-corrected chi connectivity index (χ3v) is 2.70. The fourth-order valence-electron chi connectivity index (χ4n) is 1.75. The normalized spacial score (nSPS) is 10.2. The van der Waals surface area contributed by atoms with Crippen molar-refractivity contribution in [2.24, 2.45) is 0 Å². The lowest BCUT2D eigenvalue weighted by atomic mass is 10.1. The number of aryl methyl sites for hydroxylation is 1. The molecule has 5 heteroatoms. The van der Waals surface area contributed by atoms with Crippen molar-refractivity contribution in [2.45, 2.75) is 13.5 Å². The monoisotopic (exact) mass is 256 g/mol. The highest BCUT2D eigenvalue weighted by molar-refractivity contribution is 5.99. The van der Waals surface area contributed by atoms with Crippen LogP contribution in [0.2, 0.25) is 0 Å². The number of amides is 1. The standard InChI is InChI=1S/C14H16N4O/c1-9-3-2-4-11(18-9)8-17-14(19)12-6-5-10(15)7-13(12)16/h2-7H,8,15-16H2,1H3,(H,17,19). The lowest BCUT2D eigenvalue weighted by molar-refractivity contribution is 0.0951. The van der Waals surface area contributed by atoms with E-state index in [2.05, 4.69) is 10.3 Å². The van der Waals surface area contributed by atoms with Crippen LogP contribution in [-0.2, 0) is 6.54 Å². The molecule has 1 aromatic heterocycles. The van der Waals surface area contributed by atoms with E-state index in [1.807, 2.05) is 25.1 Å². The van der Waals surface area contributed by atoms with Crippen LogP contribution < -0.4 is 16.8 Å². The Hall–Kier alpha value is -2.56. The van der Waals surface area contributed by atoms with E-state index in [0.717, 1.165) is 11.4 Å². The van der Waals surface area contributed by atoms with E-state index >= 15 is 0 Å². The molecule has 1 aromatic carbocycles. The minimum absolute atomic E-state index is 0.235. The van der Waals surface area contributed by atoms with Gasteiger partial charge < -0.3 is 16.8 Å². The van der Waals surface area contributed by atoms with Crippen molar-refractivity contribution in [3.63, 3.8) is 0 Å². The van der Waals surface area contributed by atoms with Gasteiger partial charge in [0.15, 0.2) is 0 Å². The van der Waals surface area contributed by atoms with Gasteiger partial charge in [-0.05, 0) is 37.3 Å². The lowest BCUT2D eigenvalue weighted by Gasteiger charge is -2.08. The number of anilines is 2. The molecular weight excluding hydrogens is 240 g/mol. The molecule has 0 aliphatic rings. The summed E-state index contributed by atoms with van der Waals surface area (Å²) in [4.78, 5) is 16.3. The first-order valence-electron chi connectivity index (χ1n) is 5.92. The largest absolute Gasteiger partial charge is 0.399 e. The Morgan fingerprint density at radius 2 is 2.05 bits per heavy atom. The molecule has 0 saturated heterocycles. The molecule has 2 rings (SSSR count). The van der Waals surface area contributed by atoms with Crippen LogP contribution in [0.4, 0.5) is 11.4 Å². The fraction of sp³-hybridized carbons (Fsp3) is 0.143. The first-order chi connectivity index (χ1) is 9.06. The smallest absolute Gasteiger partial charge is 0.253 e. The number of benzene rings is 1. The second kappa shape index (κ2) is 5.39. The number of nitrogens with zero attached hydrogens (tertiary/aromatic N) is 1. The van der Waals surface area contributed by atoms with Crippen LogP contribution in [0.25, 0.3) is 0 Å². The number of nitrogen functional groups attached to an aromatic ring is 2. The average Bonchev–Trinajstić information content (AvgIpc) is 2.36. The lowest BCUT2D eigenvalue weighted by Crippen LogP contribution is -2.24. The highest BCUT2D eigenvalue weighted by Gasteiger charge is 2.09. The maximum Gasteiger partial charge on any atom is 0.253 e. The highest BCUT2D eigenvalue weighted by atomic mass is 16.1. The van der Waals surface area contributed by atoms with Gasteiger partial charge in [-0.25, -0.2) is 0 Å². The maximum atomic E-state index is 12.0. The molecule has 5 N–H and O–H groups in total. The third-order valence-electron chi connectivity index (χ3n) is 2.70. The molecule has 5 nitrogen and oxygen atoms in total. The van der Waals surface area contributed by atoms with Crippen LogP contribution in [0.1, 0.15) is 21.7 Å². The summed E-state index contributed by atoms with van der Waals surface area (Å²) >= 11 is 0. The number of hydrogen-bond donors (Lipinski definition) is 3. The SMILES string of the molecule is Cc1cccc(CNC(=O)c2ccc(N)cc2N)n1. The number of nitrogens with one attached hydrogen (secondary N) is 1. The van der Waals surface area contributed by atoms with Crippen LogP contribution in [0.5, 0.6) is 0 Å². The summed E-state index contributed by atoms with van der Waals surface area (Å²) in [6.07, 6.45) is 0. The molecule has 0 aliphatic heterocycles. The quantitative estimate of drug-likeness (QED) is 0.725. The Kier molecular flexibility index (Phi) is 3.66. The van der Waals surface area contributed by atoms with Gasteiger partial charge in [0.25, 0.3) is 5.91 Å². The van der Waals surface area contributed by atoms with Crippen molar-refractivity contribution in [1.29, 1.82) is 0 Å². The fourth-order valence-corrected chi connectivity index (χ4v) is 1.75. The first kappa shape index (κ1) is 12.9. The van der Waals surface area contributed by atoms with Gasteiger partial charge in [0.2, 0.25) is 0 Å². The number of nitrogens with two attached hydrogens (primary N) is 2. The van der Waals surface area contributed by atoms with Crippen LogP contribution in [0.3, 0.4) is 0 Å². The summed E-state index contributed by atoms with van der Waals surface area (Å²) in [6.45, 7) is 2.27. The zero-order valence-corrected chi connectivity index (χ0v) is 10.7. The van der Waals surface area contributed by atoms with Gasteiger partial charge in [-0.2, -0.15) is 0 Å². The van der Waals surface area contributed by atoms with Gasteiger partial charge in [0, 0.05) is 17.1 Å². The Bertz CT molecular complexity index is 610. The van der Waals surface area contributed by atoms with Crippen molar-refractivity contribution in [3.8, 4) is 0 Å². The van der Waals surface area contributed by atoms with Gasteiger partial charge in [-0.1, -0.05) is 6.07 Å². The van der Waals surface area contributed by atoms with Crippen LogP contribution >= 0.6 is 0 Å². The number of carbonyl (C=O) groups excluding carboxylic acids is 1. The molecule has 0 aliphatic carbocycles. The molecule has 0 saturated carbocycles. The Labute approximate surface area is 111 Å². The molecule has 1 heterocycles. The number of pyridine rings is 1. The second-order valence-electron chi connectivity index (χ2n) is 4.30. The van der Waals surface area contributed by atoms with Gasteiger partial charge >= 0.3 is 0 Å². The second-order valence-corrected chi connectivity index (χ2v) is 4.30. The predicted molar refractivity (Wildman–Crippen MR) is 75.4 cm³/mol. The third kappa shape index (κ3) is 3.22. The van der Waals surface area contributed by atoms with Crippen LogP contribution in [-0.4, -0.2) is 10.9 Å². The van der Waals surface area contributed by atoms with E-state index < -0.39 is 0 Å². The molecule has 0 radical (unpaired) electrons. The topological polar surface area (TPSA) is 94.0 Å². The summed E-state index contributed by atoms with van der Waals surface area (Å²) in [5.41, 5.74) is 14.4. The summed E-state index contributed by atoms with van der Waals surface area (Å²) in [5, 5.41) is 2.78. The van der Waals surface area contributed by atoms with Gasteiger partial charge in [0.05, 0.1) is 17.8 Å². The Balaban J connectivity index is 2.05. The van der Waals surface area contributed by atoms with Crippen molar-refractivity contribution >= 4 is 17.3 Å². The molecule has 0 fully saturated rings. The van der Waals surface area contributed by atoms with E-state index in [4.69, 9.17) is 11.5 Å². The van der Waals surface area contributed by atoms with Gasteiger partial charge in [-0.3, -0.25) is 9.78 Å².